The Kier molecular flexibility index (Phi) is 3.95. The largest absolute Gasteiger partial charge is 0.352 e. The molecule has 128 valence electrons. The van der Waals surface area contributed by atoms with Crippen LogP contribution in [-0.2, 0) is 19.3 Å². The van der Waals surface area contributed by atoms with E-state index in [-0.39, 0.29) is 17.3 Å². The van der Waals surface area contributed by atoms with Gasteiger partial charge in [-0.25, -0.2) is 9.37 Å². The summed E-state index contributed by atoms with van der Waals surface area (Å²) >= 11 is 0. The van der Waals surface area contributed by atoms with Crippen molar-refractivity contribution < 1.29 is 14.0 Å². The Morgan fingerprint density at radius 1 is 1.12 bits per heavy atom. The normalized spacial score (nSPS) is 15.8. The van der Waals surface area contributed by atoms with Crippen molar-refractivity contribution in [2.45, 2.75) is 32.1 Å². The van der Waals surface area contributed by atoms with Crippen molar-refractivity contribution in [1.82, 2.24) is 10.3 Å². The zero-order valence-corrected chi connectivity index (χ0v) is 13.7. The van der Waals surface area contributed by atoms with Gasteiger partial charge in [0.1, 0.15) is 5.69 Å². The molecule has 0 saturated carbocycles. The van der Waals surface area contributed by atoms with Gasteiger partial charge in [0.2, 0.25) is 0 Å². The molecular weight excluding hydrogens is 321 g/mol. The number of amides is 2. The molecule has 1 aromatic heterocycles. The number of rotatable bonds is 2. The number of nitrogens with one attached hydrogen (secondary N) is 2. The Morgan fingerprint density at radius 2 is 1.96 bits per heavy atom. The van der Waals surface area contributed by atoms with Gasteiger partial charge in [-0.3, -0.25) is 9.59 Å². The molecule has 25 heavy (non-hydrogen) atoms. The van der Waals surface area contributed by atoms with Crippen LogP contribution < -0.4 is 10.6 Å². The minimum atomic E-state index is -0.543. The second-order valence-electron chi connectivity index (χ2n) is 6.42. The average Bonchev–Trinajstić information content (AvgIpc) is 2.64. The first-order valence-electron chi connectivity index (χ1n) is 8.53. The Morgan fingerprint density at radius 3 is 2.84 bits per heavy atom. The molecule has 0 radical (unpaired) electrons. The fraction of sp³-hybridized carbons (Fsp3) is 0.316. The van der Waals surface area contributed by atoms with Gasteiger partial charge in [-0.05, 0) is 55.9 Å². The van der Waals surface area contributed by atoms with Crippen LogP contribution in [0.3, 0.4) is 0 Å². The molecule has 0 fully saturated rings. The summed E-state index contributed by atoms with van der Waals surface area (Å²) in [5.74, 6) is -1.26. The Labute approximate surface area is 144 Å². The van der Waals surface area contributed by atoms with E-state index in [1.54, 1.807) is 12.1 Å². The van der Waals surface area contributed by atoms with E-state index in [2.05, 4.69) is 15.6 Å². The van der Waals surface area contributed by atoms with Crippen LogP contribution in [0.25, 0.3) is 0 Å². The van der Waals surface area contributed by atoms with E-state index in [0.717, 1.165) is 31.4 Å². The van der Waals surface area contributed by atoms with Gasteiger partial charge in [0.15, 0.2) is 5.82 Å². The van der Waals surface area contributed by atoms with Crippen molar-refractivity contribution >= 4 is 17.5 Å². The minimum Gasteiger partial charge on any atom is -0.352 e. The number of aryl methyl sites for hydroxylation is 2. The summed E-state index contributed by atoms with van der Waals surface area (Å²) in [5, 5.41) is 5.27. The first kappa shape index (κ1) is 15.7. The molecule has 2 N–H and O–H groups in total. The smallest absolute Gasteiger partial charge is 0.274 e. The maximum absolute atomic E-state index is 14.7. The molecule has 2 aromatic rings. The fourth-order valence-corrected chi connectivity index (χ4v) is 3.47. The number of halogens is 1. The number of hydrogen-bond donors (Lipinski definition) is 2. The molecule has 1 aliphatic heterocycles. The number of carbonyl (C=O) groups excluding carboxylic acids is 2. The van der Waals surface area contributed by atoms with Gasteiger partial charge < -0.3 is 10.6 Å². The third kappa shape index (κ3) is 2.88. The summed E-state index contributed by atoms with van der Waals surface area (Å²) in [4.78, 5) is 28.7. The quantitative estimate of drug-likeness (QED) is 0.884. The third-order valence-electron chi connectivity index (χ3n) is 4.81. The van der Waals surface area contributed by atoms with E-state index >= 15 is 0 Å². The molecule has 0 spiro atoms. The number of hydrogen-bond acceptors (Lipinski definition) is 3. The van der Waals surface area contributed by atoms with Crippen LogP contribution in [0.4, 0.5) is 10.1 Å². The second kappa shape index (κ2) is 6.27. The Bertz CT molecular complexity index is 879. The molecule has 0 bridgehead atoms. The lowest BCUT2D eigenvalue weighted by Crippen LogP contribution is -2.32. The highest BCUT2D eigenvalue weighted by Crippen LogP contribution is 2.25. The van der Waals surface area contributed by atoms with E-state index in [4.69, 9.17) is 0 Å². The van der Waals surface area contributed by atoms with Crippen LogP contribution in [0.5, 0.6) is 0 Å². The van der Waals surface area contributed by atoms with Crippen molar-refractivity contribution in [3.05, 3.63) is 58.2 Å². The zero-order valence-electron chi connectivity index (χ0n) is 13.7. The summed E-state index contributed by atoms with van der Waals surface area (Å²) in [6.45, 7) is 0.395. The molecule has 6 heteroatoms. The lowest BCUT2D eigenvalue weighted by Gasteiger charge is -2.19. The number of anilines is 1. The highest BCUT2D eigenvalue weighted by Gasteiger charge is 2.23. The summed E-state index contributed by atoms with van der Waals surface area (Å²) in [7, 11) is 0. The first-order valence-corrected chi connectivity index (χ1v) is 8.53. The third-order valence-corrected chi connectivity index (χ3v) is 4.81. The van der Waals surface area contributed by atoms with Crippen LogP contribution in [0.1, 0.15) is 50.5 Å². The van der Waals surface area contributed by atoms with E-state index in [1.165, 1.54) is 11.6 Å². The van der Waals surface area contributed by atoms with Crippen molar-refractivity contribution in [1.29, 1.82) is 0 Å². The number of nitrogens with zero attached hydrogens (tertiary/aromatic N) is 1. The highest BCUT2D eigenvalue weighted by atomic mass is 19.1. The van der Waals surface area contributed by atoms with Gasteiger partial charge in [0.25, 0.3) is 11.8 Å². The van der Waals surface area contributed by atoms with Crippen LogP contribution in [0.15, 0.2) is 24.3 Å². The average molecular weight is 339 g/mol. The Hall–Kier alpha value is -2.76. The van der Waals surface area contributed by atoms with Crippen LogP contribution in [-0.4, -0.2) is 23.3 Å². The molecule has 0 saturated heterocycles. The summed E-state index contributed by atoms with van der Waals surface area (Å²) in [5.41, 5.74) is 3.19. The van der Waals surface area contributed by atoms with Gasteiger partial charge in [0, 0.05) is 23.4 Å². The second-order valence-corrected chi connectivity index (χ2v) is 6.42. The van der Waals surface area contributed by atoms with Gasteiger partial charge in [0.05, 0.1) is 5.69 Å². The van der Waals surface area contributed by atoms with Crippen molar-refractivity contribution in [3.8, 4) is 0 Å². The predicted molar refractivity (Wildman–Crippen MR) is 91.3 cm³/mol. The number of fused-ring (bicyclic) bond motifs is 2. The first-order chi connectivity index (χ1) is 12.1. The van der Waals surface area contributed by atoms with Crippen LogP contribution in [0, 0.1) is 5.82 Å². The lowest BCUT2D eigenvalue weighted by atomic mass is 9.96. The van der Waals surface area contributed by atoms with Gasteiger partial charge in [-0.2, -0.15) is 0 Å². The van der Waals surface area contributed by atoms with Crippen LogP contribution >= 0.6 is 0 Å². The standard InChI is InChI=1S/C19H18FN3O2/c20-17-12-9-10-21-18(24)13(12)6-8-15(17)23-19(25)16-7-5-11-3-1-2-4-14(11)22-16/h5-8H,1-4,9-10H2,(H,21,24)(H,23,25). The molecule has 0 unspecified atom stereocenters. The number of benzene rings is 1. The van der Waals surface area contributed by atoms with Crippen molar-refractivity contribution in [3.63, 3.8) is 0 Å². The maximum Gasteiger partial charge on any atom is 0.274 e. The van der Waals surface area contributed by atoms with Crippen LogP contribution in [0.2, 0.25) is 0 Å². The fourth-order valence-electron chi connectivity index (χ4n) is 3.47. The van der Waals surface area contributed by atoms with E-state index < -0.39 is 11.7 Å². The zero-order chi connectivity index (χ0) is 17.4. The maximum atomic E-state index is 14.7. The molecule has 2 aliphatic rings. The lowest BCUT2D eigenvalue weighted by molar-refractivity contribution is 0.0944. The predicted octanol–water partition coefficient (Wildman–Crippen LogP) is 2.64. The number of pyridine rings is 1. The molecule has 4 rings (SSSR count). The molecule has 1 aromatic carbocycles. The van der Waals surface area contributed by atoms with E-state index in [0.29, 0.717) is 24.1 Å². The number of carbonyl (C=O) groups is 2. The van der Waals surface area contributed by atoms with Gasteiger partial charge >= 0.3 is 0 Å². The number of aromatic nitrogens is 1. The highest BCUT2D eigenvalue weighted by molar-refractivity contribution is 6.04. The molecular formula is C19H18FN3O2. The molecule has 1 aliphatic carbocycles. The molecule has 2 heterocycles. The summed E-state index contributed by atoms with van der Waals surface area (Å²) in [6, 6.07) is 6.59. The van der Waals surface area contributed by atoms with E-state index in [1.807, 2.05) is 6.07 Å². The molecule has 0 atom stereocenters. The van der Waals surface area contributed by atoms with Gasteiger partial charge in [-0.1, -0.05) is 6.07 Å². The SMILES string of the molecule is O=C(Nc1ccc2c(c1F)CCNC2=O)c1ccc2c(n1)CCCC2. The molecule has 2 amide bonds. The minimum absolute atomic E-state index is 0.0815. The summed E-state index contributed by atoms with van der Waals surface area (Å²) < 4.78 is 14.7. The Balaban J connectivity index is 1.60. The van der Waals surface area contributed by atoms with Gasteiger partial charge in [-0.15, -0.1) is 0 Å². The topological polar surface area (TPSA) is 71.1 Å². The molecule has 5 nitrogen and oxygen atoms in total. The van der Waals surface area contributed by atoms with Crippen molar-refractivity contribution in [2.24, 2.45) is 0 Å². The van der Waals surface area contributed by atoms with E-state index in [9.17, 15) is 14.0 Å². The monoisotopic (exact) mass is 339 g/mol. The summed E-state index contributed by atoms with van der Waals surface area (Å²) in [6.07, 6.45) is 4.50. The van der Waals surface area contributed by atoms with Crippen molar-refractivity contribution in [2.75, 3.05) is 11.9 Å².